The third kappa shape index (κ3) is 3.30. The van der Waals surface area contributed by atoms with Crippen LogP contribution >= 0.6 is 11.6 Å². The number of hydrogen-bond donors (Lipinski definition) is 2. The Morgan fingerprint density at radius 3 is 2.75 bits per heavy atom. The predicted octanol–water partition coefficient (Wildman–Crippen LogP) is 2.71. The fourth-order valence-electron chi connectivity index (χ4n) is 2.64. The molecule has 1 aliphatic carbocycles. The maximum atomic E-state index is 12.3. The smallest absolute Gasteiger partial charge is 0.254 e. The van der Waals surface area contributed by atoms with Crippen molar-refractivity contribution in [3.05, 3.63) is 28.5 Å². The summed E-state index contributed by atoms with van der Waals surface area (Å²) in [6.45, 7) is 3.98. The highest BCUT2D eigenvalue weighted by Crippen LogP contribution is 2.32. The lowest BCUT2D eigenvalue weighted by atomic mass is 9.77. The van der Waals surface area contributed by atoms with E-state index >= 15 is 0 Å². The monoisotopic (exact) mass is 296 g/mol. The van der Waals surface area contributed by atoms with Crippen LogP contribution in [0, 0.1) is 12.8 Å². The number of rotatable bonds is 3. The average molecular weight is 297 g/mol. The lowest BCUT2D eigenvalue weighted by molar-refractivity contribution is 0.0717. The number of nitrogens with one attached hydrogen (secondary N) is 1. The summed E-state index contributed by atoms with van der Waals surface area (Å²) in [5.41, 5.74) is 0.622. The third-order valence-corrected chi connectivity index (χ3v) is 4.46. The summed E-state index contributed by atoms with van der Waals surface area (Å²) in [6, 6.07) is 1.67. The van der Waals surface area contributed by atoms with Gasteiger partial charge >= 0.3 is 0 Å². The van der Waals surface area contributed by atoms with E-state index < -0.39 is 5.54 Å². The van der Waals surface area contributed by atoms with Crippen LogP contribution in [0.2, 0.25) is 5.02 Å². The standard InChI is InChI=1S/C15H21ClN2O2/c1-10-3-5-15(9-19,6-4-10)18-14(20)12-8-17-11(2)7-13(12)16/h7-8,10,19H,3-6,9H2,1-2H3,(H,18,20). The molecule has 0 aromatic carbocycles. The Morgan fingerprint density at radius 1 is 1.55 bits per heavy atom. The molecule has 4 nitrogen and oxygen atoms in total. The maximum absolute atomic E-state index is 12.3. The summed E-state index contributed by atoms with van der Waals surface area (Å²) < 4.78 is 0. The molecule has 0 unspecified atom stereocenters. The Bertz CT molecular complexity index is 497. The molecule has 1 aromatic heterocycles. The number of carbonyl (C=O) groups is 1. The average Bonchev–Trinajstić information content (AvgIpc) is 2.41. The van der Waals surface area contributed by atoms with Gasteiger partial charge in [0.05, 0.1) is 22.7 Å². The molecule has 0 saturated heterocycles. The van der Waals surface area contributed by atoms with E-state index in [2.05, 4.69) is 17.2 Å². The first kappa shape index (κ1) is 15.3. The molecule has 0 bridgehead atoms. The van der Waals surface area contributed by atoms with Crippen LogP contribution in [-0.4, -0.2) is 28.1 Å². The van der Waals surface area contributed by atoms with Gasteiger partial charge in [-0.25, -0.2) is 0 Å². The van der Waals surface area contributed by atoms with Crippen LogP contribution in [0.5, 0.6) is 0 Å². The number of aliphatic hydroxyl groups is 1. The number of hydrogen-bond acceptors (Lipinski definition) is 3. The van der Waals surface area contributed by atoms with Crippen LogP contribution in [0.4, 0.5) is 0 Å². The number of aryl methyl sites for hydroxylation is 1. The minimum Gasteiger partial charge on any atom is -0.394 e. The van der Waals surface area contributed by atoms with Crippen LogP contribution in [-0.2, 0) is 0 Å². The summed E-state index contributed by atoms with van der Waals surface area (Å²) in [4.78, 5) is 16.5. The minimum atomic E-state index is -0.516. The van der Waals surface area contributed by atoms with Crippen molar-refractivity contribution < 1.29 is 9.90 Å². The minimum absolute atomic E-state index is 0.0393. The van der Waals surface area contributed by atoms with Crippen LogP contribution in [0.25, 0.3) is 0 Å². The zero-order chi connectivity index (χ0) is 14.8. The van der Waals surface area contributed by atoms with E-state index in [1.54, 1.807) is 6.07 Å². The molecule has 20 heavy (non-hydrogen) atoms. The second-order valence-corrected chi connectivity index (χ2v) is 6.29. The molecule has 0 aliphatic heterocycles. The second-order valence-electron chi connectivity index (χ2n) is 5.88. The van der Waals surface area contributed by atoms with Gasteiger partial charge in [0.25, 0.3) is 5.91 Å². The third-order valence-electron chi connectivity index (χ3n) is 4.15. The Labute approximate surface area is 124 Å². The van der Waals surface area contributed by atoms with Gasteiger partial charge in [-0.05, 0) is 44.6 Å². The molecule has 2 rings (SSSR count). The Kier molecular flexibility index (Phi) is 4.66. The van der Waals surface area contributed by atoms with Crippen molar-refractivity contribution in [2.45, 2.75) is 45.1 Å². The summed E-state index contributed by atoms with van der Waals surface area (Å²) >= 11 is 6.09. The molecule has 1 aliphatic rings. The van der Waals surface area contributed by atoms with Crippen molar-refractivity contribution in [3.8, 4) is 0 Å². The van der Waals surface area contributed by atoms with Crippen LogP contribution in [0.3, 0.4) is 0 Å². The van der Waals surface area contributed by atoms with E-state index in [-0.39, 0.29) is 12.5 Å². The molecule has 0 radical (unpaired) electrons. The molecular formula is C15H21ClN2O2. The number of aromatic nitrogens is 1. The number of pyridine rings is 1. The Hall–Kier alpha value is -1.13. The number of amides is 1. The normalized spacial score (nSPS) is 26.3. The summed E-state index contributed by atoms with van der Waals surface area (Å²) in [5.74, 6) is 0.391. The van der Waals surface area contributed by atoms with Gasteiger partial charge in [-0.2, -0.15) is 0 Å². The van der Waals surface area contributed by atoms with Gasteiger partial charge in [-0.1, -0.05) is 18.5 Å². The summed E-state index contributed by atoms with van der Waals surface area (Å²) in [6.07, 6.45) is 5.12. The van der Waals surface area contributed by atoms with E-state index in [1.807, 2.05) is 6.92 Å². The van der Waals surface area contributed by atoms with Crippen molar-refractivity contribution in [2.75, 3.05) is 6.61 Å². The molecular weight excluding hydrogens is 276 g/mol. The largest absolute Gasteiger partial charge is 0.394 e. The van der Waals surface area contributed by atoms with Gasteiger partial charge in [-0.3, -0.25) is 9.78 Å². The highest BCUT2D eigenvalue weighted by atomic mass is 35.5. The van der Waals surface area contributed by atoms with Crippen molar-refractivity contribution in [2.24, 2.45) is 5.92 Å². The first-order valence-electron chi connectivity index (χ1n) is 7.01. The molecule has 1 amide bonds. The predicted molar refractivity (Wildman–Crippen MR) is 78.9 cm³/mol. The molecule has 2 N–H and O–H groups in total. The molecule has 5 heteroatoms. The first-order chi connectivity index (χ1) is 9.46. The fraction of sp³-hybridized carbons (Fsp3) is 0.600. The zero-order valence-electron chi connectivity index (χ0n) is 11.9. The van der Waals surface area contributed by atoms with Gasteiger partial charge in [0.1, 0.15) is 0 Å². The molecule has 1 aromatic rings. The molecule has 1 saturated carbocycles. The number of halogens is 1. The molecule has 110 valence electrons. The number of aliphatic hydroxyl groups excluding tert-OH is 1. The van der Waals surface area contributed by atoms with Crippen molar-refractivity contribution in [3.63, 3.8) is 0 Å². The van der Waals surface area contributed by atoms with Gasteiger partial charge in [0, 0.05) is 11.9 Å². The highest BCUT2D eigenvalue weighted by molar-refractivity contribution is 6.33. The van der Waals surface area contributed by atoms with Crippen LogP contribution < -0.4 is 5.32 Å². The first-order valence-corrected chi connectivity index (χ1v) is 7.39. The van der Waals surface area contributed by atoms with Gasteiger partial charge in [-0.15, -0.1) is 0 Å². The molecule has 0 spiro atoms. The quantitative estimate of drug-likeness (QED) is 0.901. The van der Waals surface area contributed by atoms with Crippen molar-refractivity contribution in [1.29, 1.82) is 0 Å². The van der Waals surface area contributed by atoms with E-state index in [0.29, 0.717) is 16.5 Å². The Balaban J connectivity index is 2.13. The van der Waals surface area contributed by atoms with Gasteiger partial charge in [0.15, 0.2) is 0 Å². The molecule has 0 atom stereocenters. The molecule has 1 fully saturated rings. The molecule has 1 heterocycles. The van der Waals surface area contributed by atoms with Gasteiger partial charge < -0.3 is 10.4 Å². The Morgan fingerprint density at radius 2 is 2.20 bits per heavy atom. The van der Waals surface area contributed by atoms with E-state index in [1.165, 1.54) is 6.20 Å². The zero-order valence-corrected chi connectivity index (χ0v) is 12.7. The SMILES string of the molecule is Cc1cc(Cl)c(C(=O)NC2(CO)CCC(C)CC2)cn1. The van der Waals surface area contributed by atoms with Crippen molar-refractivity contribution >= 4 is 17.5 Å². The highest BCUT2D eigenvalue weighted by Gasteiger charge is 2.35. The summed E-state index contributed by atoms with van der Waals surface area (Å²) in [5, 5.41) is 13.0. The van der Waals surface area contributed by atoms with Gasteiger partial charge in [0.2, 0.25) is 0 Å². The number of carbonyl (C=O) groups excluding carboxylic acids is 1. The van der Waals surface area contributed by atoms with Crippen molar-refractivity contribution in [1.82, 2.24) is 10.3 Å². The van der Waals surface area contributed by atoms with E-state index in [4.69, 9.17) is 11.6 Å². The van der Waals surface area contributed by atoms with E-state index in [9.17, 15) is 9.90 Å². The topological polar surface area (TPSA) is 62.2 Å². The number of nitrogens with zero attached hydrogens (tertiary/aromatic N) is 1. The van der Waals surface area contributed by atoms with Crippen LogP contribution in [0.15, 0.2) is 12.3 Å². The fourth-order valence-corrected chi connectivity index (χ4v) is 2.93. The lowest BCUT2D eigenvalue weighted by Gasteiger charge is -2.38. The van der Waals surface area contributed by atoms with E-state index in [0.717, 1.165) is 31.4 Å². The lowest BCUT2D eigenvalue weighted by Crippen LogP contribution is -2.53. The maximum Gasteiger partial charge on any atom is 0.254 e. The van der Waals surface area contributed by atoms with Crippen LogP contribution in [0.1, 0.15) is 48.7 Å². The second kappa shape index (κ2) is 6.10. The summed E-state index contributed by atoms with van der Waals surface area (Å²) in [7, 11) is 0.